The molecule has 1 fully saturated rings. The number of benzene rings is 1. The van der Waals surface area contributed by atoms with Crippen molar-refractivity contribution in [1.82, 2.24) is 9.88 Å². The predicted octanol–water partition coefficient (Wildman–Crippen LogP) is 2.01. The first-order valence-electron chi connectivity index (χ1n) is 8.79. The molecule has 2 heterocycles. The second-order valence-corrected chi connectivity index (χ2v) is 6.41. The minimum Gasteiger partial charge on any atom is -0.461 e. The molecule has 6 nitrogen and oxygen atoms in total. The fraction of sp³-hybridized carbons (Fsp3) is 0.286. The van der Waals surface area contributed by atoms with Gasteiger partial charge in [0.25, 0.3) is 5.91 Å². The van der Waals surface area contributed by atoms with Crippen molar-refractivity contribution in [3.05, 3.63) is 53.5 Å². The molecule has 144 valence electrons. The number of hydrogen-bond donors (Lipinski definition) is 1. The number of aromatic nitrogens is 1. The molecule has 0 bridgehead atoms. The molecule has 3 rings (SSSR count). The molecule has 1 saturated heterocycles. The monoisotopic (exact) mass is 382 g/mol. The molecule has 2 aromatic rings. The minimum absolute atomic E-state index is 0.0733. The predicted molar refractivity (Wildman–Crippen MR) is 99.7 cm³/mol. The van der Waals surface area contributed by atoms with Crippen LogP contribution in [0.1, 0.15) is 29.4 Å². The van der Waals surface area contributed by atoms with Gasteiger partial charge in [0.05, 0.1) is 12.3 Å². The highest BCUT2D eigenvalue weighted by Gasteiger charge is 2.42. The zero-order valence-electron chi connectivity index (χ0n) is 15.5. The van der Waals surface area contributed by atoms with E-state index in [1.165, 1.54) is 29.2 Å². The maximum absolute atomic E-state index is 14.4. The molecule has 0 aliphatic carbocycles. The first-order valence-corrected chi connectivity index (χ1v) is 8.79. The lowest BCUT2D eigenvalue weighted by molar-refractivity contribution is -0.137. The highest BCUT2D eigenvalue weighted by atomic mass is 19.1. The van der Waals surface area contributed by atoms with E-state index in [1.807, 2.05) is 0 Å². The molecule has 0 radical (unpaired) electrons. The fourth-order valence-corrected chi connectivity index (χ4v) is 2.85. The second-order valence-electron chi connectivity index (χ2n) is 6.41. The molecule has 7 heteroatoms. The molecule has 1 aliphatic rings. The number of pyridine rings is 1. The van der Waals surface area contributed by atoms with E-state index < -0.39 is 23.3 Å². The van der Waals surface area contributed by atoms with Crippen LogP contribution in [0.4, 0.5) is 4.39 Å². The van der Waals surface area contributed by atoms with Crippen molar-refractivity contribution in [1.29, 1.82) is 0 Å². The van der Waals surface area contributed by atoms with Gasteiger partial charge in [0.15, 0.2) is 0 Å². The second kappa shape index (κ2) is 7.79. The van der Waals surface area contributed by atoms with Gasteiger partial charge < -0.3 is 14.7 Å². The summed E-state index contributed by atoms with van der Waals surface area (Å²) in [4.78, 5) is 29.4. The van der Waals surface area contributed by atoms with Gasteiger partial charge >= 0.3 is 5.97 Å². The Labute approximate surface area is 162 Å². The van der Waals surface area contributed by atoms with Crippen molar-refractivity contribution in [3.63, 3.8) is 0 Å². The number of aliphatic hydroxyl groups is 1. The zero-order chi connectivity index (χ0) is 20.3. The number of nitrogens with zero attached hydrogens (tertiary/aromatic N) is 2. The van der Waals surface area contributed by atoms with Crippen LogP contribution in [0.3, 0.4) is 0 Å². The fourth-order valence-electron chi connectivity index (χ4n) is 2.85. The van der Waals surface area contributed by atoms with Crippen molar-refractivity contribution in [2.75, 3.05) is 20.2 Å². The lowest BCUT2D eigenvalue weighted by Crippen LogP contribution is -2.37. The molecule has 1 aliphatic heterocycles. The molecule has 0 spiro atoms. The average molecular weight is 382 g/mol. The molecule has 1 atom stereocenters. The van der Waals surface area contributed by atoms with E-state index in [-0.39, 0.29) is 30.0 Å². The minimum atomic E-state index is -1.73. The van der Waals surface area contributed by atoms with Crippen molar-refractivity contribution >= 4 is 11.9 Å². The van der Waals surface area contributed by atoms with Gasteiger partial charge in [0.2, 0.25) is 5.60 Å². The molecule has 1 unspecified atom stereocenters. The van der Waals surface area contributed by atoms with Crippen LogP contribution in [0.2, 0.25) is 0 Å². The summed E-state index contributed by atoms with van der Waals surface area (Å²) >= 11 is 0. The van der Waals surface area contributed by atoms with Crippen LogP contribution in [0.5, 0.6) is 0 Å². The van der Waals surface area contributed by atoms with Crippen molar-refractivity contribution < 1.29 is 23.8 Å². The standard InChI is InChI=1S/C21H19FN2O4/c1-3-28-19(25)18-6-4-5-17(23-18)15-13-14(7-8-16(15)22)9-10-21(27)11-12-24(2)20(21)26/h4-8,13,27H,3,11-12H2,1-2H3. The number of ether oxygens (including phenoxy) is 1. The van der Waals surface area contributed by atoms with E-state index in [1.54, 1.807) is 26.1 Å². The Kier molecular flexibility index (Phi) is 5.43. The van der Waals surface area contributed by atoms with Gasteiger partial charge in [-0.2, -0.15) is 0 Å². The smallest absolute Gasteiger partial charge is 0.356 e. The normalized spacial score (nSPS) is 18.6. The molecular weight excluding hydrogens is 363 g/mol. The van der Waals surface area contributed by atoms with Gasteiger partial charge in [-0.05, 0) is 37.3 Å². The van der Waals surface area contributed by atoms with E-state index >= 15 is 0 Å². The van der Waals surface area contributed by atoms with Crippen LogP contribution in [0, 0.1) is 17.7 Å². The Morgan fingerprint density at radius 1 is 1.39 bits per heavy atom. The van der Waals surface area contributed by atoms with Gasteiger partial charge in [0.1, 0.15) is 11.5 Å². The number of hydrogen-bond acceptors (Lipinski definition) is 5. The number of likely N-dealkylation sites (N-methyl/N-ethyl adjacent to an activating group) is 1. The Morgan fingerprint density at radius 3 is 2.86 bits per heavy atom. The summed E-state index contributed by atoms with van der Waals surface area (Å²) in [5, 5.41) is 10.4. The van der Waals surface area contributed by atoms with Crippen LogP contribution in [-0.4, -0.2) is 52.7 Å². The number of rotatable bonds is 3. The van der Waals surface area contributed by atoms with Gasteiger partial charge in [0, 0.05) is 31.1 Å². The number of carbonyl (C=O) groups excluding carboxylic acids is 2. The van der Waals surface area contributed by atoms with Gasteiger partial charge in [-0.25, -0.2) is 14.2 Å². The Morgan fingerprint density at radius 2 is 2.18 bits per heavy atom. The number of esters is 1. The zero-order valence-corrected chi connectivity index (χ0v) is 15.5. The SMILES string of the molecule is CCOC(=O)c1cccc(-c2cc(C#CC3(O)CCN(C)C3=O)ccc2F)n1. The van der Waals surface area contributed by atoms with E-state index in [9.17, 15) is 19.1 Å². The summed E-state index contributed by atoms with van der Waals surface area (Å²) < 4.78 is 19.3. The first-order chi connectivity index (χ1) is 13.3. The summed E-state index contributed by atoms with van der Waals surface area (Å²) in [5.41, 5.74) is -0.840. The van der Waals surface area contributed by atoms with Crippen LogP contribution in [0.25, 0.3) is 11.3 Å². The van der Waals surface area contributed by atoms with Crippen LogP contribution in [-0.2, 0) is 9.53 Å². The molecule has 1 N–H and O–H groups in total. The molecule has 28 heavy (non-hydrogen) atoms. The maximum Gasteiger partial charge on any atom is 0.356 e. The Bertz CT molecular complexity index is 995. The Balaban J connectivity index is 1.94. The topological polar surface area (TPSA) is 79.7 Å². The highest BCUT2D eigenvalue weighted by molar-refractivity contribution is 5.90. The van der Waals surface area contributed by atoms with E-state index in [0.717, 1.165) is 0 Å². The van der Waals surface area contributed by atoms with Gasteiger partial charge in [-0.15, -0.1) is 0 Å². The third kappa shape index (κ3) is 3.87. The molecule has 1 amide bonds. The highest BCUT2D eigenvalue weighted by Crippen LogP contribution is 2.24. The summed E-state index contributed by atoms with van der Waals surface area (Å²) in [6.45, 7) is 2.31. The van der Waals surface area contributed by atoms with Crippen molar-refractivity contribution in [2.45, 2.75) is 18.9 Å². The first kappa shape index (κ1) is 19.5. The lowest BCUT2D eigenvalue weighted by Gasteiger charge is -2.13. The summed E-state index contributed by atoms with van der Waals surface area (Å²) in [6.07, 6.45) is 0.215. The van der Waals surface area contributed by atoms with Gasteiger partial charge in [-0.1, -0.05) is 17.9 Å². The molecular formula is C21H19FN2O4. The number of likely N-dealkylation sites (tertiary alicyclic amines) is 1. The van der Waals surface area contributed by atoms with Crippen molar-refractivity contribution in [2.24, 2.45) is 0 Å². The summed E-state index contributed by atoms with van der Waals surface area (Å²) in [5.74, 6) is 3.76. The number of carbonyl (C=O) groups is 2. The van der Waals surface area contributed by atoms with E-state index in [2.05, 4.69) is 16.8 Å². The average Bonchev–Trinajstić information content (AvgIpc) is 2.95. The van der Waals surface area contributed by atoms with E-state index in [4.69, 9.17) is 4.74 Å². The van der Waals surface area contributed by atoms with E-state index in [0.29, 0.717) is 12.1 Å². The van der Waals surface area contributed by atoms with Crippen LogP contribution >= 0.6 is 0 Å². The lowest BCUT2D eigenvalue weighted by atomic mass is 10.0. The third-order valence-electron chi connectivity index (χ3n) is 4.40. The van der Waals surface area contributed by atoms with Crippen molar-refractivity contribution in [3.8, 4) is 23.1 Å². The molecule has 0 saturated carbocycles. The van der Waals surface area contributed by atoms with Crippen LogP contribution in [0.15, 0.2) is 36.4 Å². The number of amides is 1. The quantitative estimate of drug-likeness (QED) is 0.649. The summed E-state index contributed by atoms with van der Waals surface area (Å²) in [7, 11) is 1.60. The van der Waals surface area contributed by atoms with Crippen LogP contribution < -0.4 is 0 Å². The Hall–Kier alpha value is -3.24. The largest absolute Gasteiger partial charge is 0.461 e. The summed E-state index contributed by atoms with van der Waals surface area (Å²) in [6, 6.07) is 8.79. The molecule has 1 aromatic carbocycles. The molecule has 1 aromatic heterocycles. The maximum atomic E-state index is 14.4. The van der Waals surface area contributed by atoms with Gasteiger partial charge in [-0.3, -0.25) is 4.79 Å². The third-order valence-corrected chi connectivity index (χ3v) is 4.40. The number of halogens is 1.